The summed E-state index contributed by atoms with van der Waals surface area (Å²) >= 11 is 0. The van der Waals surface area contributed by atoms with Gasteiger partial charge in [-0.1, -0.05) is 12.1 Å². The maximum Gasteiger partial charge on any atom is 0.310 e. The number of carbonyl (C=O) groups is 2. The highest BCUT2D eigenvalue weighted by Crippen LogP contribution is 2.27. The Morgan fingerprint density at radius 3 is 2.63 bits per heavy atom. The molecule has 3 aromatic rings. The normalized spacial score (nSPS) is 11.2. The Kier molecular flexibility index (Phi) is 6.77. The topological polar surface area (TPSA) is 70.7 Å². The number of aromatic nitrogens is 1. The Hall–Kier alpha value is -2.86. The quantitative estimate of drug-likeness (QED) is 0.295. The fourth-order valence-corrected chi connectivity index (χ4v) is 3.75. The van der Waals surface area contributed by atoms with E-state index in [-0.39, 0.29) is 18.8 Å². The molecule has 1 aromatic carbocycles. The van der Waals surface area contributed by atoms with Crippen LogP contribution in [-0.4, -0.2) is 36.6 Å². The first kappa shape index (κ1) is 21.8. The second-order valence-electron chi connectivity index (χ2n) is 7.69. The van der Waals surface area contributed by atoms with E-state index in [0.29, 0.717) is 12.2 Å². The van der Waals surface area contributed by atoms with Crippen molar-refractivity contribution < 1.29 is 23.5 Å². The van der Waals surface area contributed by atoms with Gasteiger partial charge in [-0.25, -0.2) is 0 Å². The predicted octanol–water partition coefficient (Wildman–Crippen LogP) is 4.47. The lowest BCUT2D eigenvalue weighted by molar-refractivity contribution is -0.141. The van der Waals surface area contributed by atoms with Crippen molar-refractivity contribution in [2.75, 3.05) is 20.3 Å². The van der Waals surface area contributed by atoms with Crippen LogP contribution in [0, 0.1) is 27.7 Å². The summed E-state index contributed by atoms with van der Waals surface area (Å²) < 4.78 is 18.1. The lowest BCUT2D eigenvalue weighted by atomic mass is 10.0. The highest BCUT2D eigenvalue weighted by Gasteiger charge is 2.18. The van der Waals surface area contributed by atoms with Gasteiger partial charge < -0.3 is 18.5 Å². The summed E-state index contributed by atoms with van der Waals surface area (Å²) in [5, 5.41) is 0.904. The lowest BCUT2D eigenvalue weighted by Crippen LogP contribution is -2.16. The van der Waals surface area contributed by atoms with E-state index in [9.17, 15) is 9.59 Å². The highest BCUT2D eigenvalue weighted by atomic mass is 16.5. The molecule has 0 atom stereocenters. The zero-order valence-corrected chi connectivity index (χ0v) is 18.3. The first-order chi connectivity index (χ1) is 14.3. The van der Waals surface area contributed by atoms with Crippen LogP contribution in [0.4, 0.5) is 0 Å². The van der Waals surface area contributed by atoms with E-state index in [1.54, 1.807) is 13.4 Å². The van der Waals surface area contributed by atoms with E-state index in [1.807, 2.05) is 45.9 Å². The number of aryl methyl sites for hydroxylation is 3. The molecule has 0 radical (unpaired) electrons. The number of fused-ring (bicyclic) bond motifs is 1. The molecule has 2 heterocycles. The molecule has 0 saturated heterocycles. The summed E-state index contributed by atoms with van der Waals surface area (Å²) in [5.41, 5.74) is 6.24. The van der Waals surface area contributed by atoms with E-state index in [0.717, 1.165) is 52.0 Å². The summed E-state index contributed by atoms with van der Waals surface area (Å²) in [6, 6.07) is 5.81. The molecule has 6 heteroatoms. The Morgan fingerprint density at radius 2 is 1.90 bits per heavy atom. The first-order valence-electron chi connectivity index (χ1n) is 10.1. The third-order valence-electron chi connectivity index (χ3n) is 5.64. The fraction of sp³-hybridized carbons (Fsp3) is 0.417. The van der Waals surface area contributed by atoms with E-state index >= 15 is 0 Å². The molecule has 30 heavy (non-hydrogen) atoms. The molecular formula is C24H29NO5. The number of ketones is 1. The Bertz CT molecular complexity index is 1070. The van der Waals surface area contributed by atoms with Crippen molar-refractivity contribution in [3.63, 3.8) is 0 Å². The Labute approximate surface area is 176 Å². The zero-order valence-electron chi connectivity index (χ0n) is 18.3. The van der Waals surface area contributed by atoms with Gasteiger partial charge in [0.25, 0.3) is 0 Å². The molecule has 0 N–H and O–H groups in total. The van der Waals surface area contributed by atoms with Crippen molar-refractivity contribution in [2.45, 2.75) is 47.1 Å². The molecule has 3 rings (SSSR count). The summed E-state index contributed by atoms with van der Waals surface area (Å²) in [6.07, 6.45) is 2.53. The third kappa shape index (κ3) is 4.49. The van der Waals surface area contributed by atoms with Gasteiger partial charge in [0.15, 0.2) is 6.61 Å². The first-order valence-corrected chi connectivity index (χ1v) is 10.1. The SMILES string of the molecule is COCCCn1c(C)cc(C(=O)COC(=O)Cc2coc3c(C)c(C)ccc23)c1C. The number of rotatable bonds is 9. The van der Waals surface area contributed by atoms with Gasteiger partial charge in [-0.2, -0.15) is 0 Å². The van der Waals surface area contributed by atoms with Gasteiger partial charge >= 0.3 is 5.97 Å². The number of esters is 1. The maximum atomic E-state index is 12.6. The maximum absolute atomic E-state index is 12.6. The summed E-state index contributed by atoms with van der Waals surface area (Å²) in [5.74, 6) is -0.642. The van der Waals surface area contributed by atoms with Crippen LogP contribution in [0.3, 0.4) is 0 Å². The molecule has 0 saturated carbocycles. The van der Waals surface area contributed by atoms with E-state index in [1.165, 1.54) is 0 Å². The van der Waals surface area contributed by atoms with Gasteiger partial charge in [-0.15, -0.1) is 0 Å². The Morgan fingerprint density at radius 1 is 1.13 bits per heavy atom. The molecule has 0 aliphatic carbocycles. The molecule has 0 amide bonds. The molecule has 0 aliphatic heterocycles. The van der Waals surface area contributed by atoms with Gasteiger partial charge in [-0.05, 0) is 51.3 Å². The molecule has 6 nitrogen and oxygen atoms in total. The molecular weight excluding hydrogens is 382 g/mol. The van der Waals surface area contributed by atoms with Crippen molar-refractivity contribution in [1.29, 1.82) is 0 Å². The van der Waals surface area contributed by atoms with Crippen LogP contribution >= 0.6 is 0 Å². The van der Waals surface area contributed by atoms with Crippen molar-refractivity contribution in [3.05, 3.63) is 58.1 Å². The smallest absolute Gasteiger partial charge is 0.310 e. The molecule has 0 fully saturated rings. The van der Waals surface area contributed by atoms with E-state index in [4.69, 9.17) is 13.9 Å². The number of benzene rings is 1. The lowest BCUT2D eigenvalue weighted by Gasteiger charge is -2.09. The number of hydrogen-bond donors (Lipinski definition) is 0. The molecule has 0 unspecified atom stereocenters. The number of nitrogens with zero attached hydrogens (tertiary/aromatic N) is 1. The molecule has 2 aromatic heterocycles. The van der Waals surface area contributed by atoms with Crippen molar-refractivity contribution in [2.24, 2.45) is 0 Å². The number of ether oxygens (including phenoxy) is 2. The second kappa shape index (κ2) is 9.30. The average Bonchev–Trinajstić information content (AvgIpc) is 3.25. The number of furan rings is 1. The van der Waals surface area contributed by atoms with Gasteiger partial charge in [0.1, 0.15) is 5.58 Å². The number of carbonyl (C=O) groups excluding carboxylic acids is 2. The van der Waals surface area contributed by atoms with Gasteiger partial charge in [-0.3, -0.25) is 9.59 Å². The molecule has 0 spiro atoms. The van der Waals surface area contributed by atoms with Crippen molar-refractivity contribution in [1.82, 2.24) is 4.57 Å². The van der Waals surface area contributed by atoms with E-state index in [2.05, 4.69) is 4.57 Å². The van der Waals surface area contributed by atoms with Gasteiger partial charge in [0, 0.05) is 48.2 Å². The molecule has 0 bridgehead atoms. The molecule has 160 valence electrons. The number of methoxy groups -OCH3 is 1. The van der Waals surface area contributed by atoms with Gasteiger partial charge in [0.2, 0.25) is 5.78 Å². The predicted molar refractivity (Wildman–Crippen MR) is 115 cm³/mol. The standard InChI is InChI=1S/C24H29NO5/c1-15-7-8-20-19(13-30-24(20)17(15)3)12-23(27)29-14-22(26)21-11-16(2)25(18(21)4)9-6-10-28-5/h7-8,11,13H,6,9-10,12,14H2,1-5H3. The van der Waals surface area contributed by atoms with Crippen LogP contribution < -0.4 is 0 Å². The van der Waals surface area contributed by atoms with Crippen LogP contribution in [0.2, 0.25) is 0 Å². The Balaban J connectivity index is 1.62. The number of Topliss-reactive ketones (excluding diaryl/α,β-unsaturated/α-hetero) is 1. The second-order valence-corrected chi connectivity index (χ2v) is 7.69. The van der Waals surface area contributed by atoms with Crippen LogP contribution in [0.15, 0.2) is 28.9 Å². The zero-order chi connectivity index (χ0) is 21.8. The number of hydrogen-bond acceptors (Lipinski definition) is 5. The minimum atomic E-state index is -0.446. The van der Waals surface area contributed by atoms with Crippen LogP contribution in [0.1, 0.15) is 44.9 Å². The summed E-state index contributed by atoms with van der Waals surface area (Å²) in [7, 11) is 1.67. The minimum Gasteiger partial charge on any atom is -0.464 e. The highest BCUT2D eigenvalue weighted by molar-refractivity contribution is 5.99. The summed E-state index contributed by atoms with van der Waals surface area (Å²) in [6.45, 7) is 9.08. The molecule has 0 aliphatic rings. The minimum absolute atomic E-state index is 0.0683. The average molecular weight is 411 g/mol. The van der Waals surface area contributed by atoms with Crippen LogP contribution in [0.5, 0.6) is 0 Å². The monoisotopic (exact) mass is 411 g/mol. The fourth-order valence-electron chi connectivity index (χ4n) is 3.75. The van der Waals surface area contributed by atoms with Crippen LogP contribution in [0.25, 0.3) is 11.0 Å². The van der Waals surface area contributed by atoms with Crippen molar-refractivity contribution >= 4 is 22.7 Å². The van der Waals surface area contributed by atoms with Crippen LogP contribution in [-0.2, 0) is 27.2 Å². The van der Waals surface area contributed by atoms with Gasteiger partial charge in [0.05, 0.1) is 12.7 Å². The van der Waals surface area contributed by atoms with E-state index < -0.39 is 5.97 Å². The van der Waals surface area contributed by atoms with Crippen molar-refractivity contribution in [3.8, 4) is 0 Å². The third-order valence-corrected chi connectivity index (χ3v) is 5.64. The summed E-state index contributed by atoms with van der Waals surface area (Å²) in [4.78, 5) is 25.0. The largest absolute Gasteiger partial charge is 0.464 e.